The Morgan fingerprint density at radius 3 is 2.65 bits per heavy atom. The highest BCUT2D eigenvalue weighted by Crippen LogP contribution is 2.32. The van der Waals surface area contributed by atoms with Crippen molar-refractivity contribution in [3.63, 3.8) is 0 Å². The molecule has 96 valence electrons. The zero-order valence-electron chi connectivity index (χ0n) is 9.27. The molecular weight excluding hydrogens is 360 g/mol. The van der Waals surface area contributed by atoms with E-state index in [1.807, 2.05) is 19.1 Å². The van der Waals surface area contributed by atoms with E-state index in [1.165, 1.54) is 0 Å². The second kappa shape index (κ2) is 7.28. The maximum atomic E-state index is 12.0. The van der Waals surface area contributed by atoms with Crippen molar-refractivity contribution in [1.82, 2.24) is 5.32 Å². The first-order chi connectivity index (χ1) is 8.04. The molecule has 17 heavy (non-hydrogen) atoms. The lowest BCUT2D eigenvalue weighted by Gasteiger charge is -2.13. The molecule has 0 atom stereocenters. The molecule has 1 N–H and O–H groups in total. The first kappa shape index (κ1) is 14.9. The molecule has 0 radical (unpaired) electrons. The number of hydrogen-bond acceptors (Lipinski definition) is 2. The topological polar surface area (TPSA) is 21.3 Å². The van der Waals surface area contributed by atoms with Gasteiger partial charge in [0.15, 0.2) is 0 Å². The fourth-order valence-corrected chi connectivity index (χ4v) is 2.80. The third-order valence-electron chi connectivity index (χ3n) is 1.99. The van der Waals surface area contributed by atoms with Crippen LogP contribution in [0.5, 0.6) is 5.75 Å². The van der Waals surface area contributed by atoms with Crippen molar-refractivity contribution in [2.24, 2.45) is 0 Å². The minimum absolute atomic E-state index is 0.324. The molecule has 0 amide bonds. The normalized spacial score (nSPS) is 10.9. The van der Waals surface area contributed by atoms with Crippen LogP contribution >= 0.6 is 31.9 Å². The van der Waals surface area contributed by atoms with Gasteiger partial charge in [-0.05, 0) is 35.0 Å². The maximum absolute atomic E-state index is 12.0. The van der Waals surface area contributed by atoms with E-state index in [4.69, 9.17) is 4.74 Å². The first-order valence-electron chi connectivity index (χ1n) is 5.14. The smallest absolute Gasteiger partial charge is 0.250 e. The van der Waals surface area contributed by atoms with Crippen molar-refractivity contribution < 1.29 is 13.5 Å². The molecule has 0 aromatic heterocycles. The highest BCUT2D eigenvalue weighted by atomic mass is 79.9. The third kappa shape index (κ3) is 4.89. The molecule has 0 bridgehead atoms. The van der Waals surface area contributed by atoms with Crippen molar-refractivity contribution in [3.8, 4) is 5.75 Å². The van der Waals surface area contributed by atoms with E-state index >= 15 is 0 Å². The lowest BCUT2D eigenvalue weighted by Crippen LogP contribution is -2.21. The molecule has 0 fully saturated rings. The number of ether oxygens (including phenoxy) is 1. The average molecular weight is 373 g/mol. The molecule has 0 aliphatic carbocycles. The van der Waals surface area contributed by atoms with Gasteiger partial charge in [-0.2, -0.15) is 0 Å². The van der Waals surface area contributed by atoms with Crippen LogP contribution in [0.3, 0.4) is 0 Å². The van der Waals surface area contributed by atoms with E-state index in [2.05, 4.69) is 37.2 Å². The Balaban J connectivity index is 2.80. The lowest BCUT2D eigenvalue weighted by molar-refractivity contribution is 0.145. The van der Waals surface area contributed by atoms with Gasteiger partial charge in [-0.1, -0.05) is 15.9 Å². The molecule has 0 spiro atoms. The Bertz CT molecular complexity index is 375. The maximum Gasteiger partial charge on any atom is 0.250 e. The molecule has 0 heterocycles. The van der Waals surface area contributed by atoms with Gasteiger partial charge in [0.05, 0.1) is 17.6 Å². The van der Waals surface area contributed by atoms with Gasteiger partial charge in [-0.15, -0.1) is 0 Å². The van der Waals surface area contributed by atoms with Gasteiger partial charge >= 0.3 is 0 Å². The second-order valence-electron chi connectivity index (χ2n) is 3.33. The predicted molar refractivity (Wildman–Crippen MR) is 70.7 cm³/mol. The Morgan fingerprint density at radius 1 is 1.35 bits per heavy atom. The summed E-state index contributed by atoms with van der Waals surface area (Å²) in [6, 6.07) is 3.72. The van der Waals surface area contributed by atoms with Crippen molar-refractivity contribution in [1.29, 1.82) is 0 Å². The molecule has 2 nitrogen and oxygen atoms in total. The summed E-state index contributed by atoms with van der Waals surface area (Å²) < 4.78 is 31.2. The molecule has 0 aliphatic heterocycles. The van der Waals surface area contributed by atoms with E-state index in [0.717, 1.165) is 14.5 Å². The minimum Gasteiger partial charge on any atom is -0.492 e. The van der Waals surface area contributed by atoms with Crippen LogP contribution in [0.25, 0.3) is 0 Å². The molecule has 6 heteroatoms. The van der Waals surface area contributed by atoms with Crippen LogP contribution in [0, 0.1) is 0 Å². The number of alkyl halides is 2. The van der Waals surface area contributed by atoms with Gasteiger partial charge in [0.1, 0.15) is 5.75 Å². The summed E-state index contributed by atoms with van der Waals surface area (Å²) in [6.45, 7) is 2.43. The SMILES string of the molecule is CCOc1c(Br)cc(Br)cc1CNCC(F)F. The van der Waals surface area contributed by atoms with Gasteiger partial charge in [0.25, 0.3) is 6.43 Å². The zero-order valence-corrected chi connectivity index (χ0v) is 12.4. The van der Waals surface area contributed by atoms with Crippen molar-refractivity contribution >= 4 is 31.9 Å². The van der Waals surface area contributed by atoms with E-state index in [0.29, 0.717) is 18.9 Å². The number of benzene rings is 1. The fourth-order valence-electron chi connectivity index (χ4n) is 1.37. The third-order valence-corrected chi connectivity index (χ3v) is 3.03. The van der Waals surface area contributed by atoms with E-state index in [9.17, 15) is 8.78 Å². The monoisotopic (exact) mass is 371 g/mol. The molecular formula is C11H13Br2F2NO. The summed E-state index contributed by atoms with van der Waals surface area (Å²) in [6.07, 6.45) is -2.35. The fraction of sp³-hybridized carbons (Fsp3) is 0.455. The Morgan fingerprint density at radius 2 is 2.06 bits per heavy atom. The van der Waals surface area contributed by atoms with Crippen LogP contribution in [0.15, 0.2) is 21.1 Å². The van der Waals surface area contributed by atoms with Gasteiger partial charge in [0, 0.05) is 16.6 Å². The Hall–Kier alpha value is -0.200. The van der Waals surface area contributed by atoms with Crippen molar-refractivity contribution in [2.45, 2.75) is 19.9 Å². The van der Waals surface area contributed by atoms with Gasteiger partial charge in [0.2, 0.25) is 0 Å². The van der Waals surface area contributed by atoms with E-state index in [1.54, 1.807) is 0 Å². The van der Waals surface area contributed by atoms with Crippen LogP contribution in [0.2, 0.25) is 0 Å². The summed E-state index contributed by atoms with van der Waals surface area (Å²) >= 11 is 6.75. The summed E-state index contributed by atoms with van der Waals surface area (Å²) in [5, 5.41) is 2.68. The standard InChI is InChI=1S/C11H13Br2F2NO/c1-2-17-11-7(5-16-6-10(14)15)3-8(12)4-9(11)13/h3-4,10,16H,2,5-6H2,1H3. The summed E-state index contributed by atoms with van der Waals surface area (Å²) in [5.41, 5.74) is 0.841. The highest BCUT2D eigenvalue weighted by Gasteiger charge is 2.10. The molecule has 0 aliphatic rings. The number of hydrogen-bond donors (Lipinski definition) is 1. The van der Waals surface area contributed by atoms with E-state index < -0.39 is 6.43 Å². The molecule has 0 saturated carbocycles. The second-order valence-corrected chi connectivity index (χ2v) is 5.10. The number of halogens is 4. The minimum atomic E-state index is -2.35. The molecule has 1 aromatic rings. The largest absolute Gasteiger partial charge is 0.492 e. The molecule has 0 unspecified atom stereocenters. The van der Waals surface area contributed by atoms with Crippen LogP contribution < -0.4 is 10.1 Å². The number of rotatable bonds is 6. The molecule has 0 saturated heterocycles. The summed E-state index contributed by atoms with van der Waals surface area (Å²) in [5.74, 6) is 0.692. The van der Waals surface area contributed by atoms with Gasteiger partial charge in [-0.25, -0.2) is 8.78 Å². The highest BCUT2D eigenvalue weighted by molar-refractivity contribution is 9.11. The van der Waals surface area contributed by atoms with Crippen molar-refractivity contribution in [3.05, 3.63) is 26.6 Å². The van der Waals surface area contributed by atoms with Gasteiger partial charge < -0.3 is 10.1 Å². The quantitative estimate of drug-likeness (QED) is 0.815. The summed E-state index contributed by atoms with van der Waals surface area (Å²) in [7, 11) is 0. The van der Waals surface area contributed by atoms with Crippen molar-refractivity contribution in [2.75, 3.05) is 13.2 Å². The average Bonchev–Trinajstić information content (AvgIpc) is 2.22. The Labute approximate surface area is 116 Å². The van der Waals surface area contributed by atoms with Gasteiger partial charge in [-0.3, -0.25) is 0 Å². The molecule has 1 rings (SSSR count). The Kier molecular flexibility index (Phi) is 6.37. The van der Waals surface area contributed by atoms with Crippen LogP contribution in [0.1, 0.15) is 12.5 Å². The zero-order chi connectivity index (χ0) is 12.8. The van der Waals surface area contributed by atoms with Crippen LogP contribution in [-0.4, -0.2) is 19.6 Å². The lowest BCUT2D eigenvalue weighted by atomic mass is 10.2. The summed E-state index contributed by atoms with van der Waals surface area (Å²) in [4.78, 5) is 0. The first-order valence-corrected chi connectivity index (χ1v) is 6.72. The molecule has 1 aromatic carbocycles. The number of nitrogens with one attached hydrogen (secondary N) is 1. The predicted octanol–water partition coefficient (Wildman–Crippen LogP) is 3.97. The van der Waals surface area contributed by atoms with Crippen LogP contribution in [-0.2, 0) is 6.54 Å². The van der Waals surface area contributed by atoms with Crippen LogP contribution in [0.4, 0.5) is 8.78 Å². The van der Waals surface area contributed by atoms with E-state index in [-0.39, 0.29) is 6.54 Å².